The zero-order valence-electron chi connectivity index (χ0n) is 12.1. The lowest BCUT2D eigenvalue weighted by atomic mass is 10.2. The van der Waals surface area contributed by atoms with Gasteiger partial charge in [0.25, 0.3) is 0 Å². The minimum absolute atomic E-state index is 0.771. The monoisotopic (exact) mass is 337 g/mol. The van der Waals surface area contributed by atoms with Gasteiger partial charge in [0.2, 0.25) is 5.88 Å². The van der Waals surface area contributed by atoms with Crippen LogP contribution in [-0.4, -0.2) is 16.3 Å². The van der Waals surface area contributed by atoms with Crippen molar-refractivity contribution in [1.29, 1.82) is 0 Å². The van der Waals surface area contributed by atoms with Crippen molar-refractivity contribution in [1.82, 2.24) is 15.1 Å². The first-order valence-electron chi connectivity index (χ1n) is 6.79. The van der Waals surface area contributed by atoms with Gasteiger partial charge in [-0.05, 0) is 48.0 Å². The minimum atomic E-state index is 0.771. The molecule has 20 heavy (non-hydrogen) atoms. The van der Waals surface area contributed by atoms with Gasteiger partial charge in [-0.25, -0.2) is 4.68 Å². The molecular weight excluding hydrogens is 318 g/mol. The summed E-state index contributed by atoms with van der Waals surface area (Å²) in [5.74, 6) is 1.59. The van der Waals surface area contributed by atoms with Crippen LogP contribution < -0.4 is 10.1 Å². The van der Waals surface area contributed by atoms with E-state index >= 15 is 0 Å². The molecule has 0 saturated carbocycles. The largest absolute Gasteiger partial charge is 0.438 e. The van der Waals surface area contributed by atoms with E-state index in [9.17, 15) is 0 Å². The summed E-state index contributed by atoms with van der Waals surface area (Å²) in [5.41, 5.74) is 2.11. The molecule has 1 N–H and O–H groups in total. The molecule has 1 aromatic heterocycles. The third-order valence-corrected chi connectivity index (χ3v) is 3.72. The lowest BCUT2D eigenvalue weighted by molar-refractivity contribution is 0.421. The first-order valence-corrected chi connectivity index (χ1v) is 7.58. The summed E-state index contributed by atoms with van der Waals surface area (Å²) >= 11 is 3.50. The van der Waals surface area contributed by atoms with Crippen molar-refractivity contribution in [3.05, 3.63) is 40.0 Å². The molecule has 0 aliphatic rings. The highest BCUT2D eigenvalue weighted by Crippen LogP contribution is 2.32. The highest BCUT2D eigenvalue weighted by atomic mass is 79.9. The smallest absolute Gasteiger partial charge is 0.222 e. The van der Waals surface area contributed by atoms with Crippen LogP contribution in [0.25, 0.3) is 0 Å². The van der Waals surface area contributed by atoms with Crippen LogP contribution in [-0.2, 0) is 13.6 Å². The van der Waals surface area contributed by atoms with Crippen LogP contribution in [0.4, 0.5) is 0 Å². The maximum Gasteiger partial charge on any atom is 0.222 e. The molecule has 4 nitrogen and oxygen atoms in total. The fourth-order valence-corrected chi connectivity index (χ4v) is 2.40. The number of para-hydroxylation sites is 1. The molecule has 108 valence electrons. The van der Waals surface area contributed by atoms with Crippen molar-refractivity contribution < 1.29 is 4.74 Å². The van der Waals surface area contributed by atoms with E-state index in [1.807, 2.05) is 38.2 Å². The lowest BCUT2D eigenvalue weighted by Gasteiger charge is -2.10. The van der Waals surface area contributed by atoms with Crippen LogP contribution >= 0.6 is 15.9 Å². The van der Waals surface area contributed by atoms with E-state index in [4.69, 9.17) is 4.74 Å². The van der Waals surface area contributed by atoms with Gasteiger partial charge in [0, 0.05) is 13.6 Å². The second kappa shape index (κ2) is 6.90. The molecule has 0 saturated heterocycles. The average Bonchev–Trinajstić information content (AvgIpc) is 2.68. The van der Waals surface area contributed by atoms with E-state index in [0.29, 0.717) is 0 Å². The number of benzene rings is 1. The Labute approximate surface area is 128 Å². The molecule has 2 aromatic rings. The Morgan fingerprint density at radius 1 is 1.35 bits per heavy atom. The molecular formula is C15H20BrN3O. The molecule has 0 aliphatic heterocycles. The van der Waals surface area contributed by atoms with Crippen molar-refractivity contribution >= 4 is 15.9 Å². The normalized spacial score (nSPS) is 10.8. The average molecular weight is 338 g/mol. The number of halogens is 1. The van der Waals surface area contributed by atoms with Gasteiger partial charge in [-0.15, -0.1) is 0 Å². The quantitative estimate of drug-likeness (QED) is 0.815. The van der Waals surface area contributed by atoms with Gasteiger partial charge in [-0.2, -0.15) is 5.10 Å². The molecule has 0 atom stereocenters. The van der Waals surface area contributed by atoms with Crippen LogP contribution in [0.2, 0.25) is 0 Å². The number of hydrogen-bond donors (Lipinski definition) is 1. The molecule has 0 amide bonds. The van der Waals surface area contributed by atoms with Crippen molar-refractivity contribution in [3.8, 4) is 11.6 Å². The second-order valence-corrected chi connectivity index (χ2v) is 5.56. The van der Waals surface area contributed by atoms with Crippen LogP contribution in [0.1, 0.15) is 24.6 Å². The standard InChI is InChI=1S/C15H20BrN3O/c1-4-9-17-10-12-11(2)18-19(3)15(12)20-14-8-6-5-7-13(14)16/h5-8,17H,4,9-10H2,1-3H3. The van der Waals surface area contributed by atoms with Gasteiger partial charge in [0.05, 0.1) is 15.7 Å². The summed E-state index contributed by atoms with van der Waals surface area (Å²) in [6, 6.07) is 7.83. The van der Waals surface area contributed by atoms with Crippen LogP contribution in [0.5, 0.6) is 11.6 Å². The highest BCUT2D eigenvalue weighted by Gasteiger charge is 2.15. The van der Waals surface area contributed by atoms with E-state index in [1.165, 1.54) is 0 Å². The molecule has 1 aromatic carbocycles. The maximum atomic E-state index is 6.04. The van der Waals surface area contributed by atoms with Gasteiger partial charge < -0.3 is 10.1 Å². The van der Waals surface area contributed by atoms with Gasteiger partial charge in [-0.1, -0.05) is 19.1 Å². The van der Waals surface area contributed by atoms with Crippen LogP contribution in [0.3, 0.4) is 0 Å². The minimum Gasteiger partial charge on any atom is -0.438 e. The number of rotatable bonds is 6. The molecule has 0 radical (unpaired) electrons. The lowest BCUT2D eigenvalue weighted by Crippen LogP contribution is -2.14. The zero-order chi connectivity index (χ0) is 14.5. The summed E-state index contributed by atoms with van der Waals surface area (Å²) in [6.45, 7) is 5.92. The summed E-state index contributed by atoms with van der Waals surface area (Å²) < 4.78 is 8.76. The number of hydrogen-bond acceptors (Lipinski definition) is 3. The van der Waals surface area contributed by atoms with E-state index in [-0.39, 0.29) is 0 Å². The highest BCUT2D eigenvalue weighted by molar-refractivity contribution is 9.10. The first kappa shape index (κ1) is 15.1. The first-order chi connectivity index (χ1) is 9.63. The van der Waals surface area contributed by atoms with E-state index < -0.39 is 0 Å². The molecule has 0 unspecified atom stereocenters. The van der Waals surface area contributed by atoms with Gasteiger partial charge in [0.15, 0.2) is 0 Å². The Hall–Kier alpha value is -1.33. The Morgan fingerprint density at radius 3 is 2.80 bits per heavy atom. The van der Waals surface area contributed by atoms with E-state index in [2.05, 4.69) is 33.3 Å². The predicted molar refractivity (Wildman–Crippen MR) is 84.2 cm³/mol. The molecule has 2 rings (SSSR count). The summed E-state index contributed by atoms with van der Waals surface area (Å²) in [6.07, 6.45) is 1.11. The molecule has 0 spiro atoms. The number of nitrogens with one attached hydrogen (secondary N) is 1. The SMILES string of the molecule is CCCNCc1c(C)nn(C)c1Oc1ccccc1Br. The molecule has 1 heterocycles. The fraction of sp³-hybridized carbons (Fsp3) is 0.400. The number of aromatic nitrogens is 2. The summed E-state index contributed by atoms with van der Waals surface area (Å²) in [5, 5.41) is 7.85. The third kappa shape index (κ3) is 3.41. The van der Waals surface area contributed by atoms with E-state index in [0.717, 1.165) is 46.9 Å². The summed E-state index contributed by atoms with van der Waals surface area (Å²) in [4.78, 5) is 0. The number of nitrogens with zero attached hydrogens (tertiary/aromatic N) is 2. The number of aryl methyl sites for hydroxylation is 2. The van der Waals surface area contributed by atoms with Crippen molar-refractivity contribution in [2.24, 2.45) is 7.05 Å². The Bertz CT molecular complexity index is 580. The van der Waals surface area contributed by atoms with Crippen molar-refractivity contribution in [3.63, 3.8) is 0 Å². The molecule has 0 bridgehead atoms. The Balaban J connectivity index is 2.24. The second-order valence-electron chi connectivity index (χ2n) is 4.70. The number of ether oxygens (including phenoxy) is 1. The van der Waals surface area contributed by atoms with Gasteiger partial charge >= 0.3 is 0 Å². The Morgan fingerprint density at radius 2 is 2.10 bits per heavy atom. The topological polar surface area (TPSA) is 39.1 Å². The summed E-state index contributed by atoms with van der Waals surface area (Å²) in [7, 11) is 1.91. The predicted octanol–water partition coefficient (Wildman–Crippen LogP) is 3.78. The molecule has 0 aliphatic carbocycles. The van der Waals surface area contributed by atoms with Gasteiger partial charge in [0.1, 0.15) is 5.75 Å². The third-order valence-electron chi connectivity index (χ3n) is 3.06. The maximum absolute atomic E-state index is 6.04. The van der Waals surface area contributed by atoms with Crippen molar-refractivity contribution in [2.75, 3.05) is 6.54 Å². The van der Waals surface area contributed by atoms with Crippen LogP contribution in [0.15, 0.2) is 28.7 Å². The van der Waals surface area contributed by atoms with Crippen LogP contribution in [0, 0.1) is 6.92 Å². The van der Waals surface area contributed by atoms with Gasteiger partial charge in [-0.3, -0.25) is 0 Å². The fourth-order valence-electron chi connectivity index (χ4n) is 2.03. The van der Waals surface area contributed by atoms with E-state index in [1.54, 1.807) is 4.68 Å². The Kier molecular flexibility index (Phi) is 5.20. The molecule has 0 fully saturated rings. The van der Waals surface area contributed by atoms with Crippen molar-refractivity contribution in [2.45, 2.75) is 26.8 Å². The zero-order valence-corrected chi connectivity index (χ0v) is 13.7. The molecule has 5 heteroatoms.